The Hall–Kier alpha value is -2.66. The molecule has 0 amide bonds. The van der Waals surface area contributed by atoms with Crippen LogP contribution in [0.4, 0.5) is 5.69 Å². The second kappa shape index (κ2) is 6.22. The van der Waals surface area contributed by atoms with Gasteiger partial charge in [-0.15, -0.1) is 0 Å². The molecule has 0 bridgehead atoms. The van der Waals surface area contributed by atoms with Crippen molar-refractivity contribution in [3.05, 3.63) is 53.8 Å². The highest BCUT2D eigenvalue weighted by Crippen LogP contribution is 2.44. The van der Waals surface area contributed by atoms with E-state index in [2.05, 4.69) is 5.23 Å². The standard InChI is InChI=1S/C16H15B2N2O3/c1-18(22)20-11-3-5-13-12-4-2-10(17-23-9-19)6-14(12)16(8-21)15(13)7-11/h2-9,19-22H,1H3/b16-8+,19-9?. The summed E-state index contributed by atoms with van der Waals surface area (Å²) in [7, 11) is 0.823. The van der Waals surface area contributed by atoms with Gasteiger partial charge < -0.3 is 20.0 Å². The molecule has 0 atom stereocenters. The Morgan fingerprint density at radius 2 is 1.83 bits per heavy atom. The first-order valence-electron chi connectivity index (χ1n) is 7.20. The van der Waals surface area contributed by atoms with E-state index in [0.29, 0.717) is 5.57 Å². The van der Waals surface area contributed by atoms with Crippen LogP contribution < -0.4 is 10.7 Å². The maximum Gasteiger partial charge on any atom is 0.409 e. The van der Waals surface area contributed by atoms with Crippen molar-refractivity contribution in [3.63, 3.8) is 0 Å². The van der Waals surface area contributed by atoms with Gasteiger partial charge in [0.1, 0.15) is 6.40 Å². The Kier molecular flexibility index (Phi) is 4.12. The second-order valence-electron chi connectivity index (χ2n) is 5.30. The number of rotatable bonds is 5. The molecule has 1 aliphatic carbocycles. The van der Waals surface area contributed by atoms with Crippen molar-refractivity contribution in [2.24, 2.45) is 0 Å². The average molecular weight is 305 g/mol. The SMILES string of the molecule is CB(O)Nc1ccc2c(c1)/C(=C/O)c1cc([B]OC=N)ccc1-2. The number of hydrogen-bond donors (Lipinski definition) is 4. The van der Waals surface area contributed by atoms with E-state index in [4.69, 9.17) is 10.1 Å². The average Bonchev–Trinajstić information content (AvgIpc) is 2.84. The number of benzene rings is 2. The number of aliphatic hydroxyl groups is 1. The fraction of sp³-hybridized carbons (Fsp3) is 0.0625. The van der Waals surface area contributed by atoms with Crippen molar-refractivity contribution < 1.29 is 14.8 Å². The molecule has 1 aliphatic rings. The van der Waals surface area contributed by atoms with Gasteiger partial charge in [-0.1, -0.05) is 24.3 Å². The third-order valence-corrected chi connectivity index (χ3v) is 3.71. The van der Waals surface area contributed by atoms with Crippen LogP contribution in [-0.2, 0) is 4.65 Å². The maximum atomic E-state index is 9.69. The number of hydrogen-bond acceptors (Lipinski definition) is 5. The minimum Gasteiger partial charge on any atom is -0.550 e. The topological polar surface area (TPSA) is 85.6 Å². The summed E-state index contributed by atoms with van der Waals surface area (Å²) in [5.74, 6) is 0. The summed E-state index contributed by atoms with van der Waals surface area (Å²) in [6.45, 7) is 1.65. The van der Waals surface area contributed by atoms with E-state index in [0.717, 1.165) is 46.1 Å². The molecule has 5 nitrogen and oxygen atoms in total. The molecule has 0 saturated carbocycles. The molecular weight excluding hydrogens is 290 g/mol. The number of fused-ring (bicyclic) bond motifs is 3. The largest absolute Gasteiger partial charge is 0.550 e. The summed E-state index contributed by atoms with van der Waals surface area (Å²) in [4.78, 5) is 0. The lowest BCUT2D eigenvalue weighted by atomic mass is 9.85. The van der Waals surface area contributed by atoms with Gasteiger partial charge in [0.15, 0.2) is 0 Å². The molecule has 0 aliphatic heterocycles. The van der Waals surface area contributed by atoms with Crippen molar-refractivity contribution in [1.29, 1.82) is 5.41 Å². The van der Waals surface area contributed by atoms with E-state index in [-0.39, 0.29) is 0 Å². The molecule has 0 unspecified atom stereocenters. The number of nitrogens with one attached hydrogen (secondary N) is 2. The van der Waals surface area contributed by atoms with Gasteiger partial charge in [-0.25, -0.2) is 0 Å². The lowest BCUT2D eigenvalue weighted by Gasteiger charge is -2.08. The molecule has 23 heavy (non-hydrogen) atoms. The maximum absolute atomic E-state index is 9.69. The first-order valence-corrected chi connectivity index (χ1v) is 7.20. The van der Waals surface area contributed by atoms with Gasteiger partial charge >= 0.3 is 14.5 Å². The van der Waals surface area contributed by atoms with Gasteiger partial charge in [0, 0.05) is 11.3 Å². The van der Waals surface area contributed by atoms with Crippen molar-refractivity contribution >= 4 is 37.7 Å². The highest BCUT2D eigenvalue weighted by Gasteiger charge is 2.24. The van der Waals surface area contributed by atoms with E-state index in [1.54, 1.807) is 6.82 Å². The molecule has 113 valence electrons. The number of aliphatic hydroxyl groups excluding tert-OH is 1. The van der Waals surface area contributed by atoms with Gasteiger partial charge in [-0.3, -0.25) is 5.41 Å². The monoisotopic (exact) mass is 305 g/mol. The summed E-state index contributed by atoms with van der Waals surface area (Å²) < 4.78 is 4.89. The molecule has 0 fully saturated rings. The third-order valence-electron chi connectivity index (χ3n) is 3.71. The lowest BCUT2D eigenvalue weighted by Crippen LogP contribution is -2.19. The Bertz CT molecular complexity index is 791. The Labute approximate surface area is 135 Å². The third kappa shape index (κ3) is 2.83. The van der Waals surface area contributed by atoms with Crippen LogP contribution in [-0.4, -0.2) is 31.1 Å². The molecule has 7 heteroatoms. The molecule has 4 N–H and O–H groups in total. The van der Waals surface area contributed by atoms with E-state index in [1.165, 1.54) is 7.48 Å². The van der Waals surface area contributed by atoms with Crippen molar-refractivity contribution in [2.45, 2.75) is 6.82 Å². The molecule has 0 aromatic heterocycles. The van der Waals surface area contributed by atoms with Crippen LogP contribution in [0.1, 0.15) is 11.1 Å². The van der Waals surface area contributed by atoms with Crippen LogP contribution in [0.5, 0.6) is 0 Å². The summed E-state index contributed by atoms with van der Waals surface area (Å²) >= 11 is 0. The van der Waals surface area contributed by atoms with Gasteiger partial charge in [0.2, 0.25) is 0 Å². The Morgan fingerprint density at radius 1 is 1.13 bits per heavy atom. The molecule has 0 saturated heterocycles. The highest BCUT2D eigenvalue weighted by molar-refractivity contribution is 6.52. The highest BCUT2D eigenvalue weighted by atomic mass is 16.4. The zero-order valence-electron chi connectivity index (χ0n) is 12.6. The second-order valence-corrected chi connectivity index (χ2v) is 5.30. The summed E-state index contributed by atoms with van der Waals surface area (Å²) in [5.41, 5.74) is 6.16. The summed E-state index contributed by atoms with van der Waals surface area (Å²) in [5, 5.41) is 29.0. The molecule has 2 aromatic rings. The number of anilines is 1. The predicted molar refractivity (Wildman–Crippen MR) is 94.3 cm³/mol. The Balaban J connectivity index is 2.04. The summed E-state index contributed by atoms with van der Waals surface area (Å²) in [6, 6.07) is 11.5. The van der Waals surface area contributed by atoms with Crippen LogP contribution in [0, 0.1) is 5.41 Å². The van der Waals surface area contributed by atoms with E-state index in [9.17, 15) is 10.1 Å². The normalized spacial score (nSPS) is 13.2. The lowest BCUT2D eigenvalue weighted by molar-refractivity contribution is 0.476. The van der Waals surface area contributed by atoms with Crippen molar-refractivity contribution in [2.75, 3.05) is 5.23 Å². The smallest absolute Gasteiger partial charge is 0.409 e. The zero-order valence-corrected chi connectivity index (χ0v) is 12.6. The van der Waals surface area contributed by atoms with Crippen molar-refractivity contribution in [1.82, 2.24) is 0 Å². The van der Waals surface area contributed by atoms with Crippen LogP contribution in [0.25, 0.3) is 16.7 Å². The molecule has 0 heterocycles. The van der Waals surface area contributed by atoms with Gasteiger partial charge in [-0.2, -0.15) is 0 Å². The first-order chi connectivity index (χ1) is 11.1. The molecule has 2 aromatic carbocycles. The predicted octanol–water partition coefficient (Wildman–Crippen LogP) is 2.00. The van der Waals surface area contributed by atoms with Gasteiger partial charge in [0.25, 0.3) is 0 Å². The fourth-order valence-electron chi connectivity index (χ4n) is 2.82. The zero-order chi connectivity index (χ0) is 16.4. The van der Waals surface area contributed by atoms with E-state index < -0.39 is 7.05 Å². The molecule has 0 spiro atoms. The summed E-state index contributed by atoms with van der Waals surface area (Å²) in [6.07, 6.45) is 1.96. The quantitative estimate of drug-likeness (QED) is 0.251. The van der Waals surface area contributed by atoms with Crippen LogP contribution in [0.2, 0.25) is 6.82 Å². The van der Waals surface area contributed by atoms with E-state index in [1.807, 2.05) is 36.4 Å². The van der Waals surface area contributed by atoms with E-state index >= 15 is 0 Å². The van der Waals surface area contributed by atoms with Crippen LogP contribution >= 0.6 is 0 Å². The first kappa shape index (κ1) is 15.2. The van der Waals surface area contributed by atoms with Gasteiger partial charge in [-0.05, 0) is 46.7 Å². The minimum atomic E-state index is -0.655. The Morgan fingerprint density at radius 3 is 2.48 bits per heavy atom. The molecular formula is C16H15B2N2O3. The minimum absolute atomic E-state index is 0.655. The molecule has 1 radical (unpaired) electrons. The van der Waals surface area contributed by atoms with Gasteiger partial charge in [0.05, 0.1) is 6.26 Å². The van der Waals surface area contributed by atoms with Crippen LogP contribution in [0.15, 0.2) is 42.7 Å². The fourth-order valence-corrected chi connectivity index (χ4v) is 2.82. The van der Waals surface area contributed by atoms with Crippen LogP contribution in [0.3, 0.4) is 0 Å². The molecule has 3 rings (SSSR count). The van der Waals surface area contributed by atoms with Crippen molar-refractivity contribution in [3.8, 4) is 11.1 Å².